The van der Waals surface area contributed by atoms with Crippen LogP contribution in [-0.2, 0) is 24.4 Å². The fourth-order valence-electron chi connectivity index (χ4n) is 2.97. The van der Waals surface area contributed by atoms with Gasteiger partial charge in [0.05, 0.1) is 18.8 Å². The van der Waals surface area contributed by atoms with Crippen molar-refractivity contribution in [2.45, 2.75) is 25.8 Å². The molecule has 138 valence electrons. The van der Waals surface area contributed by atoms with Gasteiger partial charge >= 0.3 is 0 Å². The molecule has 1 amide bonds. The number of rotatable bonds is 4. The van der Waals surface area contributed by atoms with Crippen LogP contribution in [-0.4, -0.2) is 20.9 Å². The van der Waals surface area contributed by atoms with Gasteiger partial charge in [-0.15, -0.1) is 5.10 Å². The van der Waals surface area contributed by atoms with E-state index in [0.29, 0.717) is 17.8 Å². The van der Waals surface area contributed by atoms with E-state index in [4.69, 9.17) is 4.74 Å². The first-order valence-corrected chi connectivity index (χ1v) is 8.43. The number of halogens is 2. The number of carbonyl (C=O) groups is 1. The molecule has 0 saturated carbocycles. The van der Waals surface area contributed by atoms with E-state index >= 15 is 0 Å². The van der Waals surface area contributed by atoms with E-state index in [-0.39, 0.29) is 36.6 Å². The zero-order chi connectivity index (χ0) is 18.8. The van der Waals surface area contributed by atoms with Crippen LogP contribution in [0.2, 0.25) is 0 Å². The Bertz CT molecular complexity index is 972. The molecule has 0 fully saturated rings. The highest BCUT2D eigenvalue weighted by atomic mass is 19.1. The van der Waals surface area contributed by atoms with Crippen molar-refractivity contribution < 1.29 is 18.3 Å². The summed E-state index contributed by atoms with van der Waals surface area (Å²) in [6.45, 7) is 0.572. The summed E-state index contributed by atoms with van der Waals surface area (Å²) in [5, 5.41) is 10.6. The summed E-state index contributed by atoms with van der Waals surface area (Å²) in [5.74, 6) is -1.14. The lowest BCUT2D eigenvalue weighted by molar-refractivity contribution is -0.00180. The van der Waals surface area contributed by atoms with E-state index in [1.54, 1.807) is 35.0 Å². The molecule has 1 aliphatic heterocycles. The molecule has 0 spiro atoms. The minimum Gasteiger partial charge on any atom is -0.365 e. The predicted octanol–water partition coefficient (Wildman–Crippen LogP) is 2.76. The van der Waals surface area contributed by atoms with Crippen LogP contribution in [0.15, 0.2) is 48.5 Å². The third kappa shape index (κ3) is 3.56. The van der Waals surface area contributed by atoms with E-state index < -0.39 is 5.91 Å². The van der Waals surface area contributed by atoms with Crippen molar-refractivity contribution in [2.24, 2.45) is 0 Å². The summed E-state index contributed by atoms with van der Waals surface area (Å²) in [4.78, 5) is 12.4. The Morgan fingerprint density at radius 1 is 1.19 bits per heavy atom. The van der Waals surface area contributed by atoms with E-state index in [2.05, 4.69) is 15.6 Å². The van der Waals surface area contributed by atoms with Crippen LogP contribution in [0.5, 0.6) is 0 Å². The number of fused-ring (bicyclic) bond motifs is 1. The van der Waals surface area contributed by atoms with Crippen LogP contribution in [0.25, 0.3) is 0 Å². The number of carbonyl (C=O) groups excluding carboxylic acids is 1. The third-order valence-corrected chi connectivity index (χ3v) is 4.45. The Hall–Kier alpha value is -3.13. The average molecular weight is 370 g/mol. The summed E-state index contributed by atoms with van der Waals surface area (Å²) in [6, 6.07) is 12.3. The second-order valence-electron chi connectivity index (χ2n) is 6.19. The first-order valence-electron chi connectivity index (χ1n) is 8.43. The van der Waals surface area contributed by atoms with Crippen molar-refractivity contribution in [3.8, 4) is 0 Å². The van der Waals surface area contributed by atoms with Gasteiger partial charge in [0.1, 0.15) is 17.7 Å². The monoisotopic (exact) mass is 370 g/mol. The van der Waals surface area contributed by atoms with Gasteiger partial charge in [-0.2, -0.15) is 0 Å². The fraction of sp³-hybridized carbons (Fsp3) is 0.211. The van der Waals surface area contributed by atoms with Gasteiger partial charge in [-0.25, -0.2) is 13.5 Å². The third-order valence-electron chi connectivity index (χ3n) is 4.45. The van der Waals surface area contributed by atoms with Crippen LogP contribution in [0.1, 0.15) is 33.4 Å². The zero-order valence-corrected chi connectivity index (χ0v) is 14.2. The van der Waals surface area contributed by atoms with Crippen molar-refractivity contribution in [2.75, 3.05) is 0 Å². The zero-order valence-electron chi connectivity index (χ0n) is 14.2. The molecule has 1 N–H and O–H groups in total. The van der Waals surface area contributed by atoms with Crippen LogP contribution >= 0.6 is 0 Å². The van der Waals surface area contributed by atoms with E-state index in [1.807, 2.05) is 0 Å². The Morgan fingerprint density at radius 3 is 2.74 bits per heavy atom. The Balaban J connectivity index is 1.45. The molecule has 1 aromatic heterocycles. The molecule has 0 bridgehead atoms. The Kier molecular flexibility index (Phi) is 4.64. The molecule has 27 heavy (non-hydrogen) atoms. The second-order valence-corrected chi connectivity index (χ2v) is 6.19. The summed E-state index contributed by atoms with van der Waals surface area (Å²) < 4.78 is 34.1. The molecule has 2 heterocycles. The van der Waals surface area contributed by atoms with Crippen LogP contribution in [0.4, 0.5) is 8.78 Å². The van der Waals surface area contributed by atoms with E-state index in [0.717, 1.165) is 5.56 Å². The van der Waals surface area contributed by atoms with Gasteiger partial charge < -0.3 is 10.1 Å². The van der Waals surface area contributed by atoms with Gasteiger partial charge in [0.2, 0.25) is 0 Å². The Labute approximate surface area is 153 Å². The number of nitrogens with zero attached hydrogens (tertiary/aromatic N) is 3. The lowest BCUT2D eigenvalue weighted by Crippen LogP contribution is -2.27. The molecule has 1 atom stereocenters. The smallest absolute Gasteiger partial charge is 0.274 e. The average Bonchev–Trinajstić information content (AvgIpc) is 3.11. The molecule has 6 nitrogen and oxygen atoms in total. The van der Waals surface area contributed by atoms with Crippen LogP contribution in [0, 0.1) is 11.6 Å². The van der Waals surface area contributed by atoms with Gasteiger partial charge in [0.15, 0.2) is 5.69 Å². The van der Waals surface area contributed by atoms with Crippen molar-refractivity contribution in [3.63, 3.8) is 0 Å². The lowest BCUT2D eigenvalue weighted by atomic mass is 10.1. The van der Waals surface area contributed by atoms with Gasteiger partial charge in [0, 0.05) is 12.1 Å². The Morgan fingerprint density at radius 2 is 1.96 bits per heavy atom. The quantitative estimate of drug-likeness (QED) is 0.767. The van der Waals surface area contributed by atoms with E-state index in [9.17, 15) is 13.6 Å². The number of benzene rings is 2. The second kappa shape index (κ2) is 7.24. The van der Waals surface area contributed by atoms with Crippen molar-refractivity contribution >= 4 is 5.91 Å². The molecule has 1 unspecified atom stereocenters. The molecule has 0 aliphatic carbocycles. The molecule has 0 saturated heterocycles. The van der Waals surface area contributed by atoms with Gasteiger partial charge in [0.25, 0.3) is 5.91 Å². The predicted molar refractivity (Wildman–Crippen MR) is 91.5 cm³/mol. The van der Waals surface area contributed by atoms with Crippen molar-refractivity contribution in [3.05, 3.63) is 82.7 Å². The molecule has 3 aromatic rings. The molecule has 0 radical (unpaired) electrons. The van der Waals surface area contributed by atoms with E-state index in [1.165, 1.54) is 18.2 Å². The minimum absolute atomic E-state index is 0.0524. The normalized spacial score (nSPS) is 16.0. The minimum atomic E-state index is -0.441. The largest absolute Gasteiger partial charge is 0.365 e. The highest BCUT2D eigenvalue weighted by molar-refractivity contribution is 5.93. The molecular weight excluding hydrogens is 354 g/mol. The standard InChI is InChI=1S/C19H16F2N4O2/c20-14-7-5-12(6-8-14)17-10-25-16(11-27-17)18(23-24-25)19(26)22-9-13-3-1-2-4-15(13)21/h1-8,17H,9-11H2,(H,22,26). The molecule has 4 rings (SSSR count). The summed E-state index contributed by atoms with van der Waals surface area (Å²) in [7, 11) is 0. The summed E-state index contributed by atoms with van der Waals surface area (Å²) in [5.41, 5.74) is 1.92. The fourth-order valence-corrected chi connectivity index (χ4v) is 2.97. The SMILES string of the molecule is O=C(NCc1ccccc1F)c1nnn2c1COC(c1ccc(F)cc1)C2. The molecule has 2 aromatic carbocycles. The van der Waals surface area contributed by atoms with Crippen molar-refractivity contribution in [1.29, 1.82) is 0 Å². The van der Waals surface area contributed by atoms with Gasteiger partial charge in [-0.05, 0) is 23.8 Å². The van der Waals surface area contributed by atoms with Crippen LogP contribution < -0.4 is 5.32 Å². The number of ether oxygens (including phenoxy) is 1. The molecular formula is C19H16F2N4O2. The van der Waals surface area contributed by atoms with Gasteiger partial charge in [-0.3, -0.25) is 4.79 Å². The molecule has 8 heteroatoms. The highest BCUT2D eigenvalue weighted by Crippen LogP contribution is 2.27. The maximum absolute atomic E-state index is 13.7. The number of hydrogen-bond donors (Lipinski definition) is 1. The number of nitrogens with one attached hydrogen (secondary N) is 1. The lowest BCUT2D eigenvalue weighted by Gasteiger charge is -2.24. The maximum atomic E-state index is 13.7. The van der Waals surface area contributed by atoms with Gasteiger partial charge in [-0.1, -0.05) is 35.5 Å². The highest BCUT2D eigenvalue weighted by Gasteiger charge is 2.27. The number of aromatic nitrogens is 3. The molecule has 1 aliphatic rings. The first kappa shape index (κ1) is 17.3. The topological polar surface area (TPSA) is 69.0 Å². The number of hydrogen-bond acceptors (Lipinski definition) is 4. The van der Waals surface area contributed by atoms with Crippen LogP contribution in [0.3, 0.4) is 0 Å². The first-order chi connectivity index (χ1) is 13.1. The maximum Gasteiger partial charge on any atom is 0.274 e. The number of amides is 1. The summed E-state index contributed by atoms with van der Waals surface area (Å²) in [6.07, 6.45) is -0.297. The van der Waals surface area contributed by atoms with Crippen molar-refractivity contribution in [1.82, 2.24) is 20.3 Å². The summed E-state index contributed by atoms with van der Waals surface area (Å²) >= 11 is 0.